The van der Waals surface area contributed by atoms with Gasteiger partial charge in [0.25, 0.3) is 5.91 Å². The highest BCUT2D eigenvalue weighted by Crippen LogP contribution is 2.20. The Morgan fingerprint density at radius 3 is 2.28 bits per heavy atom. The van der Waals surface area contributed by atoms with E-state index in [1.165, 1.54) is 0 Å². The molecule has 0 saturated carbocycles. The van der Waals surface area contributed by atoms with Gasteiger partial charge >= 0.3 is 6.09 Å². The van der Waals surface area contributed by atoms with Crippen LogP contribution in [0.4, 0.5) is 10.5 Å². The summed E-state index contributed by atoms with van der Waals surface area (Å²) in [5.74, 6) is -0.354. The molecule has 11 heteroatoms. The third-order valence-electron chi connectivity index (χ3n) is 5.55. The summed E-state index contributed by atoms with van der Waals surface area (Å²) in [5, 5.41) is 11.6. The quantitative estimate of drug-likeness (QED) is 0.726. The van der Waals surface area contributed by atoms with E-state index in [1.807, 2.05) is 6.92 Å². The molecule has 1 unspecified atom stereocenters. The van der Waals surface area contributed by atoms with Gasteiger partial charge in [0.05, 0.1) is 29.2 Å². The van der Waals surface area contributed by atoms with Crippen LogP contribution in [0.25, 0.3) is 0 Å². The summed E-state index contributed by atoms with van der Waals surface area (Å²) in [7, 11) is 0. The summed E-state index contributed by atoms with van der Waals surface area (Å²) in [5.41, 5.74) is 2.32. The van der Waals surface area contributed by atoms with Gasteiger partial charge in [0.2, 0.25) is 5.91 Å². The molecule has 3 heterocycles. The van der Waals surface area contributed by atoms with E-state index in [9.17, 15) is 14.4 Å². The van der Waals surface area contributed by atoms with Crippen LogP contribution >= 0.6 is 0 Å². The summed E-state index contributed by atoms with van der Waals surface area (Å²) in [6, 6.07) is -0.543. The molecule has 1 atom stereocenters. The number of aromatic nitrogens is 4. The number of nitrogens with one attached hydrogen (secondary N) is 1. The van der Waals surface area contributed by atoms with E-state index in [2.05, 4.69) is 15.5 Å². The zero-order valence-corrected chi connectivity index (χ0v) is 19.3. The average Bonchev–Trinajstić information content (AvgIpc) is 3.35. The predicted molar refractivity (Wildman–Crippen MR) is 117 cm³/mol. The van der Waals surface area contributed by atoms with E-state index in [4.69, 9.17) is 4.74 Å². The molecular weight excluding hydrogens is 414 g/mol. The van der Waals surface area contributed by atoms with E-state index < -0.39 is 6.04 Å². The molecule has 0 aromatic carbocycles. The third-order valence-corrected chi connectivity index (χ3v) is 5.55. The Morgan fingerprint density at radius 1 is 1.03 bits per heavy atom. The standard InChI is InChI=1S/C21H31N7O4/c1-6-27-12-17(14(3)23-27)19(29)22-18-13-28(24-15(18)4)16(5)20(30)25-8-10-26(11-9-25)21(31)32-7-2/h12-13,16H,6-11H2,1-5H3,(H,22,29). The zero-order valence-electron chi connectivity index (χ0n) is 19.3. The van der Waals surface area contributed by atoms with Gasteiger partial charge in [0, 0.05) is 45.1 Å². The Bertz CT molecular complexity index is 988. The lowest BCUT2D eigenvalue weighted by Gasteiger charge is -2.35. The fourth-order valence-electron chi connectivity index (χ4n) is 3.60. The van der Waals surface area contributed by atoms with Crippen molar-refractivity contribution in [3.8, 4) is 0 Å². The van der Waals surface area contributed by atoms with Crippen molar-refractivity contribution in [2.24, 2.45) is 0 Å². The number of hydrogen-bond donors (Lipinski definition) is 1. The van der Waals surface area contributed by atoms with Gasteiger partial charge in [-0.05, 0) is 34.6 Å². The number of carbonyl (C=O) groups excluding carboxylic acids is 3. The maximum Gasteiger partial charge on any atom is 0.409 e. The molecule has 2 aromatic rings. The fourth-order valence-corrected chi connectivity index (χ4v) is 3.60. The molecule has 11 nitrogen and oxygen atoms in total. The molecular formula is C21H31N7O4. The van der Waals surface area contributed by atoms with Gasteiger partial charge in [-0.25, -0.2) is 4.79 Å². The van der Waals surface area contributed by atoms with E-state index in [0.29, 0.717) is 62.0 Å². The molecule has 0 spiro atoms. The Balaban J connectivity index is 1.63. The van der Waals surface area contributed by atoms with Crippen LogP contribution in [0.5, 0.6) is 0 Å². The van der Waals surface area contributed by atoms with Crippen molar-refractivity contribution in [1.82, 2.24) is 29.4 Å². The number of rotatable bonds is 6. The second-order valence-corrected chi connectivity index (χ2v) is 7.73. The minimum Gasteiger partial charge on any atom is -0.450 e. The fraction of sp³-hybridized carbons (Fsp3) is 0.571. The molecule has 1 N–H and O–H groups in total. The van der Waals surface area contributed by atoms with Crippen molar-refractivity contribution in [3.05, 3.63) is 29.3 Å². The minimum absolute atomic E-state index is 0.0889. The van der Waals surface area contributed by atoms with E-state index in [1.54, 1.807) is 59.3 Å². The molecule has 0 radical (unpaired) electrons. The van der Waals surface area contributed by atoms with Crippen molar-refractivity contribution in [2.45, 2.75) is 47.2 Å². The summed E-state index contributed by atoms with van der Waals surface area (Å²) in [6.07, 6.45) is 3.03. The van der Waals surface area contributed by atoms with Gasteiger partial charge in [0.15, 0.2) is 0 Å². The lowest BCUT2D eigenvalue weighted by molar-refractivity contribution is -0.136. The molecule has 1 saturated heterocycles. The van der Waals surface area contributed by atoms with Crippen LogP contribution in [0.3, 0.4) is 0 Å². The van der Waals surface area contributed by atoms with Crippen molar-refractivity contribution < 1.29 is 19.1 Å². The molecule has 0 aliphatic carbocycles. The highest BCUT2D eigenvalue weighted by molar-refractivity contribution is 6.05. The maximum atomic E-state index is 13.0. The molecule has 2 aromatic heterocycles. The van der Waals surface area contributed by atoms with E-state index in [-0.39, 0.29) is 17.9 Å². The molecule has 1 aliphatic rings. The van der Waals surface area contributed by atoms with Gasteiger partial charge in [-0.2, -0.15) is 10.2 Å². The van der Waals surface area contributed by atoms with E-state index in [0.717, 1.165) is 0 Å². The van der Waals surface area contributed by atoms with Crippen molar-refractivity contribution in [3.63, 3.8) is 0 Å². The van der Waals surface area contributed by atoms with Gasteiger partial charge in [-0.15, -0.1) is 0 Å². The summed E-state index contributed by atoms with van der Waals surface area (Å²) in [4.78, 5) is 40.8. The normalized spacial score (nSPS) is 14.9. The lowest BCUT2D eigenvalue weighted by atomic mass is 10.2. The first kappa shape index (κ1) is 23.3. The van der Waals surface area contributed by atoms with Gasteiger partial charge < -0.3 is 19.9 Å². The van der Waals surface area contributed by atoms with Crippen molar-refractivity contribution in [2.75, 3.05) is 38.1 Å². The smallest absolute Gasteiger partial charge is 0.409 e. The van der Waals surface area contributed by atoms with Crippen LogP contribution in [0.1, 0.15) is 48.6 Å². The highest BCUT2D eigenvalue weighted by atomic mass is 16.6. The largest absolute Gasteiger partial charge is 0.450 e. The number of hydrogen-bond acceptors (Lipinski definition) is 6. The second-order valence-electron chi connectivity index (χ2n) is 7.73. The molecule has 32 heavy (non-hydrogen) atoms. The number of piperazine rings is 1. The Labute approximate surface area is 187 Å². The number of ether oxygens (including phenoxy) is 1. The Kier molecular flexibility index (Phi) is 7.16. The number of aryl methyl sites for hydroxylation is 3. The molecule has 3 rings (SSSR count). The van der Waals surface area contributed by atoms with Crippen LogP contribution < -0.4 is 5.32 Å². The SMILES string of the molecule is CCOC(=O)N1CCN(C(=O)C(C)n2cc(NC(=O)c3cn(CC)nc3C)c(C)n2)CC1. The lowest BCUT2D eigenvalue weighted by Crippen LogP contribution is -2.52. The topological polar surface area (TPSA) is 115 Å². The monoisotopic (exact) mass is 445 g/mol. The molecule has 1 fully saturated rings. The van der Waals surface area contributed by atoms with Crippen molar-refractivity contribution >= 4 is 23.6 Å². The molecule has 1 aliphatic heterocycles. The minimum atomic E-state index is -0.543. The zero-order chi connectivity index (χ0) is 23.4. The van der Waals surface area contributed by atoms with Gasteiger partial charge in [-0.1, -0.05) is 0 Å². The van der Waals surface area contributed by atoms with Crippen molar-refractivity contribution in [1.29, 1.82) is 0 Å². The summed E-state index contributed by atoms with van der Waals surface area (Å²) >= 11 is 0. The van der Waals surface area contributed by atoms with E-state index >= 15 is 0 Å². The third kappa shape index (κ3) is 4.92. The number of nitrogens with zero attached hydrogens (tertiary/aromatic N) is 6. The van der Waals surface area contributed by atoms with Crippen LogP contribution in [0.2, 0.25) is 0 Å². The average molecular weight is 446 g/mol. The highest BCUT2D eigenvalue weighted by Gasteiger charge is 2.29. The number of amides is 3. The molecule has 174 valence electrons. The van der Waals surface area contributed by atoms with Gasteiger partial charge in [0.1, 0.15) is 6.04 Å². The van der Waals surface area contributed by atoms with Crippen LogP contribution in [-0.4, -0.2) is 80.1 Å². The first-order valence-corrected chi connectivity index (χ1v) is 10.9. The summed E-state index contributed by atoms with van der Waals surface area (Å²) in [6.45, 7) is 11.8. The van der Waals surface area contributed by atoms with Crippen LogP contribution in [-0.2, 0) is 16.1 Å². The Hall–Kier alpha value is -3.37. The maximum absolute atomic E-state index is 13.0. The summed E-state index contributed by atoms with van der Waals surface area (Å²) < 4.78 is 8.29. The first-order valence-electron chi connectivity index (χ1n) is 10.9. The predicted octanol–water partition coefficient (Wildman–Crippen LogP) is 1.83. The Morgan fingerprint density at radius 2 is 1.69 bits per heavy atom. The van der Waals surface area contributed by atoms with Crippen LogP contribution in [0.15, 0.2) is 12.4 Å². The first-order chi connectivity index (χ1) is 15.2. The molecule has 3 amide bonds. The van der Waals surface area contributed by atoms with Gasteiger partial charge in [-0.3, -0.25) is 19.0 Å². The van der Waals surface area contributed by atoms with Crippen LogP contribution in [0, 0.1) is 13.8 Å². The number of anilines is 1. The number of carbonyl (C=O) groups is 3. The molecule has 0 bridgehead atoms. The second kappa shape index (κ2) is 9.84.